The highest BCUT2D eigenvalue weighted by atomic mass is 35.5. The molecule has 5 aromatic carbocycles. The van der Waals surface area contributed by atoms with E-state index in [0.29, 0.717) is 17.7 Å². The summed E-state index contributed by atoms with van der Waals surface area (Å²) < 4.78 is 5.61. The summed E-state index contributed by atoms with van der Waals surface area (Å²) in [6.07, 6.45) is 21.1. The first-order valence-electron chi connectivity index (χ1n) is 21.9. The van der Waals surface area contributed by atoms with Gasteiger partial charge in [0, 0.05) is 18.4 Å². The second-order valence-electron chi connectivity index (χ2n) is 15.1. The fraction of sp³-hybridized carbons (Fsp3) is 0.327. The summed E-state index contributed by atoms with van der Waals surface area (Å²) in [5.41, 5.74) is 0.0551. The molecular formula is C52H60Cl2O12. The predicted molar refractivity (Wildman–Crippen MR) is 259 cm³/mol. The van der Waals surface area contributed by atoms with Crippen LogP contribution in [0.2, 0.25) is 10.0 Å². The Morgan fingerprint density at radius 1 is 0.530 bits per heavy atom. The normalized spacial score (nSPS) is 10.4. The van der Waals surface area contributed by atoms with Gasteiger partial charge < -0.3 is 35.4 Å². The number of aliphatic carboxylic acids is 2. The molecule has 5 aromatic rings. The van der Waals surface area contributed by atoms with Crippen LogP contribution in [-0.2, 0) is 9.59 Å². The third-order valence-corrected chi connectivity index (χ3v) is 10.4. The zero-order valence-electron chi connectivity index (χ0n) is 37.2. The van der Waals surface area contributed by atoms with E-state index in [1.165, 1.54) is 94.9 Å². The van der Waals surface area contributed by atoms with Crippen molar-refractivity contribution in [3.8, 4) is 23.0 Å². The Morgan fingerprint density at radius 2 is 1.03 bits per heavy atom. The first-order chi connectivity index (χ1) is 31.6. The molecule has 12 nitrogen and oxygen atoms in total. The highest BCUT2D eigenvalue weighted by molar-refractivity contribution is 6.36. The molecule has 14 heteroatoms. The molecule has 0 bridgehead atoms. The predicted octanol–water partition coefficient (Wildman–Crippen LogP) is 14.3. The number of aromatic carboxylic acids is 2. The number of carbonyl (C=O) groups excluding carboxylic acids is 1. The van der Waals surface area contributed by atoms with Crippen LogP contribution in [0.4, 0.5) is 0 Å². The lowest BCUT2D eigenvalue weighted by Crippen LogP contribution is -2.03. The number of rotatable bonds is 23. The molecule has 0 aromatic heterocycles. The number of carboxylic acid groups (broad SMARTS) is 4. The van der Waals surface area contributed by atoms with Gasteiger partial charge in [-0.25, -0.2) is 9.59 Å². The van der Waals surface area contributed by atoms with Crippen LogP contribution < -0.4 is 4.74 Å². The maximum absolute atomic E-state index is 11.7. The number of ketones is 1. The number of fused-ring (bicyclic) bond motifs is 1. The highest BCUT2D eigenvalue weighted by Gasteiger charge is 2.16. The summed E-state index contributed by atoms with van der Waals surface area (Å²) in [7, 11) is 0. The number of phenols is 2. The molecule has 0 heterocycles. The molecule has 0 atom stereocenters. The van der Waals surface area contributed by atoms with Crippen LogP contribution in [0.15, 0.2) is 115 Å². The molecule has 0 saturated carbocycles. The Hall–Kier alpha value is -6.37. The topological polar surface area (TPSA) is 216 Å². The molecule has 0 aliphatic heterocycles. The van der Waals surface area contributed by atoms with Gasteiger partial charge in [0.1, 0.15) is 34.1 Å². The maximum Gasteiger partial charge on any atom is 0.341 e. The number of aromatic hydroxyl groups is 2. The van der Waals surface area contributed by atoms with Crippen LogP contribution in [0.5, 0.6) is 23.0 Å². The summed E-state index contributed by atoms with van der Waals surface area (Å²) >= 11 is 11.0. The molecule has 0 unspecified atom stereocenters. The van der Waals surface area contributed by atoms with Crippen molar-refractivity contribution in [1.29, 1.82) is 0 Å². The van der Waals surface area contributed by atoms with Crippen LogP contribution in [-0.4, -0.2) is 60.3 Å². The second-order valence-corrected chi connectivity index (χ2v) is 15.9. The summed E-state index contributed by atoms with van der Waals surface area (Å²) in [6, 6.07) is 28.8. The monoisotopic (exact) mass is 946 g/mol. The molecule has 66 heavy (non-hydrogen) atoms. The number of hydrogen-bond acceptors (Lipinski definition) is 8. The first-order valence-corrected chi connectivity index (χ1v) is 22.7. The third kappa shape index (κ3) is 23.0. The van der Waals surface area contributed by atoms with E-state index in [-0.39, 0.29) is 45.5 Å². The lowest BCUT2D eigenvalue weighted by atomic mass is 10.1. The number of halogens is 2. The van der Waals surface area contributed by atoms with Gasteiger partial charge in [-0.05, 0) is 104 Å². The molecule has 0 radical (unpaired) electrons. The van der Waals surface area contributed by atoms with Gasteiger partial charge >= 0.3 is 23.9 Å². The Morgan fingerprint density at radius 3 is 1.56 bits per heavy atom. The number of para-hydroxylation sites is 1. The molecule has 0 fully saturated rings. The molecule has 0 amide bonds. The van der Waals surface area contributed by atoms with Crippen molar-refractivity contribution in [3.05, 3.63) is 142 Å². The number of ether oxygens (including phenoxy) is 1. The van der Waals surface area contributed by atoms with E-state index in [4.69, 9.17) is 53.5 Å². The van der Waals surface area contributed by atoms with Gasteiger partial charge in [0.25, 0.3) is 0 Å². The van der Waals surface area contributed by atoms with Crippen molar-refractivity contribution >= 4 is 63.6 Å². The van der Waals surface area contributed by atoms with Crippen molar-refractivity contribution in [3.63, 3.8) is 0 Å². The molecule has 5 rings (SSSR count). The van der Waals surface area contributed by atoms with E-state index < -0.39 is 29.6 Å². The van der Waals surface area contributed by atoms with Gasteiger partial charge in [-0.3, -0.25) is 14.4 Å². The molecular weight excluding hydrogens is 887 g/mol. The number of carbonyl (C=O) groups is 5. The van der Waals surface area contributed by atoms with Gasteiger partial charge in [0.15, 0.2) is 5.78 Å². The zero-order valence-corrected chi connectivity index (χ0v) is 38.7. The van der Waals surface area contributed by atoms with Crippen molar-refractivity contribution < 1.29 is 59.3 Å². The van der Waals surface area contributed by atoms with E-state index in [1.54, 1.807) is 30.3 Å². The lowest BCUT2D eigenvalue weighted by molar-refractivity contribution is -0.138. The van der Waals surface area contributed by atoms with E-state index in [1.807, 2.05) is 48.5 Å². The van der Waals surface area contributed by atoms with Gasteiger partial charge in [-0.1, -0.05) is 136 Å². The van der Waals surface area contributed by atoms with Gasteiger partial charge in [0.2, 0.25) is 0 Å². The Labute approximate surface area is 396 Å². The van der Waals surface area contributed by atoms with E-state index in [9.17, 15) is 29.1 Å². The summed E-state index contributed by atoms with van der Waals surface area (Å²) in [6.45, 7) is 2.25. The average molecular weight is 948 g/mol. The van der Waals surface area contributed by atoms with Gasteiger partial charge in [-0.2, -0.15) is 0 Å². The molecule has 6 N–H and O–H groups in total. The van der Waals surface area contributed by atoms with E-state index in [2.05, 4.69) is 19.1 Å². The van der Waals surface area contributed by atoms with E-state index in [0.717, 1.165) is 29.4 Å². The summed E-state index contributed by atoms with van der Waals surface area (Å²) in [5.74, 6) is -3.59. The lowest BCUT2D eigenvalue weighted by Gasteiger charge is -2.06. The smallest absolute Gasteiger partial charge is 0.341 e. The fourth-order valence-electron chi connectivity index (χ4n) is 6.19. The third-order valence-electron chi connectivity index (χ3n) is 9.76. The Balaban J connectivity index is 0.000000308. The van der Waals surface area contributed by atoms with Crippen molar-refractivity contribution in [2.24, 2.45) is 0 Å². The zero-order chi connectivity index (χ0) is 48.7. The largest absolute Gasteiger partial charge is 0.507 e. The number of unbranched alkanes of at least 4 members (excludes halogenated alkanes) is 11. The summed E-state index contributed by atoms with van der Waals surface area (Å²) in [5, 5.41) is 54.5. The van der Waals surface area contributed by atoms with Crippen LogP contribution in [0.25, 0.3) is 10.8 Å². The van der Waals surface area contributed by atoms with Crippen molar-refractivity contribution in [2.45, 2.75) is 110 Å². The molecule has 354 valence electrons. The minimum atomic E-state index is -1.31. The average Bonchev–Trinajstić information content (AvgIpc) is 3.29. The SMILES string of the molecule is CCCCCC/C=C/CCCCCCCCCC(=O)O.O=C(O)CCC(=O)c1ccc(Oc2ccccc2)cc1.O=C(O)c1c(Cl)ccc(Cl)c1O.O=C(O)c1cc2ccccc2cc1O. The highest BCUT2D eigenvalue weighted by Crippen LogP contribution is 2.32. The molecule has 0 aliphatic carbocycles. The molecule has 0 aliphatic rings. The standard InChI is InChI=1S/C18H34O2.C16H14O4.C11H8O3.C7H4Cl2O3/c1-2-3-4-5-6-7-8-9-10-11-12-13-14-15-16-17-18(19)20;17-15(10-11-16(18)19)12-6-8-14(9-7-12)20-13-4-2-1-3-5-13;12-10-6-8-4-2-1-3-7(8)5-9(10)11(13)14;8-3-1-2-4(9)6(10)5(3)7(11)12/h7-8H,2-6,9-17H2,1H3,(H,19,20);1-9H,10-11H2,(H,18,19);1-6,12H,(H,13,14);1-2,10H,(H,11,12)/b8-7+;;;. The van der Waals surface area contributed by atoms with Crippen molar-refractivity contribution in [2.75, 3.05) is 0 Å². The molecule has 0 spiro atoms. The van der Waals surface area contributed by atoms with Crippen LogP contribution in [0.1, 0.15) is 141 Å². The quantitative estimate of drug-likeness (QED) is 0.0205. The van der Waals surface area contributed by atoms with Crippen LogP contribution >= 0.6 is 23.2 Å². The number of carboxylic acids is 4. The van der Waals surface area contributed by atoms with E-state index >= 15 is 0 Å². The minimum Gasteiger partial charge on any atom is -0.507 e. The molecule has 0 saturated heterocycles. The van der Waals surface area contributed by atoms with Crippen LogP contribution in [0.3, 0.4) is 0 Å². The van der Waals surface area contributed by atoms with Crippen LogP contribution in [0, 0.1) is 0 Å². The fourth-order valence-corrected chi connectivity index (χ4v) is 6.58. The minimum absolute atomic E-state index is 0.00816. The maximum atomic E-state index is 11.7. The van der Waals surface area contributed by atoms with Gasteiger partial charge in [-0.15, -0.1) is 0 Å². The van der Waals surface area contributed by atoms with Crippen molar-refractivity contribution in [1.82, 2.24) is 0 Å². The number of Topliss-reactive ketones (excluding diaryl/α,β-unsaturated/α-hetero) is 1. The first kappa shape index (κ1) is 55.8. The second kappa shape index (κ2) is 32.3. The number of benzene rings is 5. The number of allylic oxidation sites excluding steroid dienone is 2. The van der Waals surface area contributed by atoms with Gasteiger partial charge in [0.05, 0.1) is 16.5 Å². The number of hydrogen-bond donors (Lipinski definition) is 6. The Bertz CT molecular complexity index is 2290. The Kier molecular flexibility index (Phi) is 27.3. The summed E-state index contributed by atoms with van der Waals surface area (Å²) in [4.78, 5) is 53.7.